The van der Waals surface area contributed by atoms with E-state index in [0.29, 0.717) is 0 Å². The SMILES string of the molecule is Cc1nc([C@@H](C)N2CCOC(C)(C)C2)oc1-c1ccc(Cl)cc1. The predicted molar refractivity (Wildman–Crippen MR) is 91.7 cm³/mol. The molecular formula is C18H23ClN2O2. The molecule has 0 radical (unpaired) electrons. The van der Waals surface area contributed by atoms with Crippen LogP contribution in [0.2, 0.25) is 5.02 Å². The number of aryl methyl sites for hydroxylation is 1. The second-order valence-corrected chi connectivity index (χ2v) is 7.16. The van der Waals surface area contributed by atoms with Crippen molar-refractivity contribution >= 4 is 11.6 Å². The summed E-state index contributed by atoms with van der Waals surface area (Å²) in [5.41, 5.74) is 1.77. The average Bonchev–Trinajstić information content (AvgIpc) is 2.88. The van der Waals surface area contributed by atoms with E-state index in [2.05, 4.69) is 30.7 Å². The van der Waals surface area contributed by atoms with Crippen molar-refractivity contribution in [3.8, 4) is 11.3 Å². The molecule has 0 saturated carbocycles. The van der Waals surface area contributed by atoms with Gasteiger partial charge in [0.1, 0.15) is 0 Å². The fourth-order valence-corrected chi connectivity index (χ4v) is 3.13. The monoisotopic (exact) mass is 334 g/mol. The van der Waals surface area contributed by atoms with E-state index in [4.69, 9.17) is 20.8 Å². The number of ether oxygens (including phenoxy) is 1. The molecule has 1 aromatic carbocycles. The Morgan fingerprint density at radius 3 is 2.61 bits per heavy atom. The largest absolute Gasteiger partial charge is 0.439 e. The molecule has 0 spiro atoms. The standard InChI is InChI=1S/C18H23ClN2O2/c1-12-16(14-5-7-15(19)8-6-14)23-17(20-12)13(2)21-9-10-22-18(3,4)11-21/h5-8,13H,9-11H2,1-4H3/t13-/m1/s1. The minimum Gasteiger partial charge on any atom is -0.439 e. The lowest BCUT2D eigenvalue weighted by Crippen LogP contribution is -2.49. The molecule has 0 unspecified atom stereocenters. The van der Waals surface area contributed by atoms with Crippen molar-refractivity contribution in [2.75, 3.05) is 19.7 Å². The maximum Gasteiger partial charge on any atom is 0.212 e. The number of halogens is 1. The molecule has 3 rings (SSSR count). The van der Waals surface area contributed by atoms with E-state index in [9.17, 15) is 0 Å². The molecule has 0 bridgehead atoms. The van der Waals surface area contributed by atoms with Crippen LogP contribution in [0.3, 0.4) is 0 Å². The van der Waals surface area contributed by atoms with E-state index in [1.165, 1.54) is 0 Å². The average molecular weight is 335 g/mol. The molecule has 2 heterocycles. The van der Waals surface area contributed by atoms with Gasteiger partial charge in [0.05, 0.1) is 23.9 Å². The van der Waals surface area contributed by atoms with Crippen molar-refractivity contribution in [1.82, 2.24) is 9.88 Å². The van der Waals surface area contributed by atoms with Crippen molar-refractivity contribution in [3.63, 3.8) is 0 Å². The summed E-state index contributed by atoms with van der Waals surface area (Å²) >= 11 is 5.96. The minimum atomic E-state index is -0.132. The second kappa shape index (κ2) is 6.27. The zero-order valence-corrected chi connectivity index (χ0v) is 14.9. The molecule has 1 aromatic heterocycles. The van der Waals surface area contributed by atoms with Crippen molar-refractivity contribution in [3.05, 3.63) is 40.9 Å². The fraction of sp³-hybridized carbons (Fsp3) is 0.500. The second-order valence-electron chi connectivity index (χ2n) is 6.73. The molecule has 0 aliphatic carbocycles. The van der Waals surface area contributed by atoms with Crippen molar-refractivity contribution < 1.29 is 9.15 Å². The summed E-state index contributed by atoms with van der Waals surface area (Å²) in [6.07, 6.45) is 0. The lowest BCUT2D eigenvalue weighted by atomic mass is 10.1. The number of aromatic nitrogens is 1. The smallest absolute Gasteiger partial charge is 0.212 e. The van der Waals surface area contributed by atoms with Gasteiger partial charge in [-0.15, -0.1) is 0 Å². The summed E-state index contributed by atoms with van der Waals surface area (Å²) in [5.74, 6) is 1.57. The van der Waals surface area contributed by atoms with Gasteiger partial charge in [-0.1, -0.05) is 11.6 Å². The number of nitrogens with zero attached hydrogens (tertiary/aromatic N) is 2. The highest BCUT2D eigenvalue weighted by Gasteiger charge is 2.32. The topological polar surface area (TPSA) is 38.5 Å². The molecule has 1 fully saturated rings. The van der Waals surface area contributed by atoms with Gasteiger partial charge in [-0.25, -0.2) is 4.98 Å². The maximum atomic E-state index is 6.09. The van der Waals surface area contributed by atoms with Gasteiger partial charge in [-0.3, -0.25) is 4.90 Å². The van der Waals surface area contributed by atoms with Crippen LogP contribution >= 0.6 is 11.6 Å². The minimum absolute atomic E-state index is 0.123. The summed E-state index contributed by atoms with van der Waals surface area (Å²) in [4.78, 5) is 7.01. The number of rotatable bonds is 3. The predicted octanol–water partition coefficient (Wildman–Crippen LogP) is 4.48. The fourth-order valence-electron chi connectivity index (χ4n) is 3.00. The lowest BCUT2D eigenvalue weighted by molar-refractivity contribution is -0.0979. The van der Waals surface area contributed by atoms with Crippen LogP contribution in [-0.4, -0.2) is 35.2 Å². The Kier molecular flexibility index (Phi) is 4.50. The van der Waals surface area contributed by atoms with Gasteiger partial charge in [0.2, 0.25) is 5.89 Å². The van der Waals surface area contributed by atoms with Gasteiger partial charge in [-0.2, -0.15) is 0 Å². The van der Waals surface area contributed by atoms with Gasteiger partial charge in [0.15, 0.2) is 5.76 Å². The number of morpholine rings is 1. The number of hydrogen-bond donors (Lipinski definition) is 0. The molecule has 124 valence electrons. The van der Waals surface area contributed by atoms with Crippen molar-refractivity contribution in [1.29, 1.82) is 0 Å². The zero-order valence-electron chi connectivity index (χ0n) is 14.1. The molecule has 1 aliphatic rings. The summed E-state index contributed by atoms with van der Waals surface area (Å²) in [7, 11) is 0. The third-order valence-corrected chi connectivity index (χ3v) is 4.53. The first kappa shape index (κ1) is 16.5. The Morgan fingerprint density at radius 1 is 1.26 bits per heavy atom. The van der Waals surface area contributed by atoms with Crippen LogP contribution in [0.15, 0.2) is 28.7 Å². The Labute approximate surface area is 142 Å². The van der Waals surface area contributed by atoms with E-state index in [-0.39, 0.29) is 11.6 Å². The first-order valence-corrected chi connectivity index (χ1v) is 8.35. The Morgan fingerprint density at radius 2 is 1.96 bits per heavy atom. The molecule has 1 aliphatic heterocycles. The van der Waals surface area contributed by atoms with Crippen LogP contribution in [0, 0.1) is 6.92 Å². The summed E-state index contributed by atoms with van der Waals surface area (Å²) in [6, 6.07) is 7.78. The summed E-state index contributed by atoms with van der Waals surface area (Å²) < 4.78 is 11.9. The highest BCUT2D eigenvalue weighted by atomic mass is 35.5. The molecule has 0 N–H and O–H groups in total. The normalized spacial score (nSPS) is 19.7. The van der Waals surface area contributed by atoms with Gasteiger partial charge in [0, 0.05) is 23.7 Å². The first-order valence-electron chi connectivity index (χ1n) is 7.97. The van der Waals surface area contributed by atoms with Gasteiger partial charge in [0.25, 0.3) is 0 Å². The Balaban J connectivity index is 1.84. The van der Waals surface area contributed by atoms with Crippen LogP contribution < -0.4 is 0 Å². The van der Waals surface area contributed by atoms with Gasteiger partial charge < -0.3 is 9.15 Å². The third kappa shape index (κ3) is 3.60. The quantitative estimate of drug-likeness (QED) is 0.829. The third-order valence-electron chi connectivity index (χ3n) is 4.28. The maximum absolute atomic E-state index is 6.09. The number of hydrogen-bond acceptors (Lipinski definition) is 4. The molecule has 0 amide bonds. The summed E-state index contributed by atoms with van der Waals surface area (Å²) in [5, 5.41) is 0.718. The molecule has 1 saturated heterocycles. The van der Waals surface area contributed by atoms with Gasteiger partial charge in [-0.05, 0) is 52.0 Å². The zero-order chi connectivity index (χ0) is 16.6. The van der Waals surface area contributed by atoms with Crippen molar-refractivity contribution in [2.45, 2.75) is 39.3 Å². The molecule has 2 aromatic rings. The number of oxazole rings is 1. The Bertz CT molecular complexity index is 679. The van der Waals surface area contributed by atoms with Crippen LogP contribution in [-0.2, 0) is 4.74 Å². The van der Waals surface area contributed by atoms with Crippen molar-refractivity contribution in [2.24, 2.45) is 0 Å². The van der Waals surface area contributed by atoms with Gasteiger partial charge >= 0.3 is 0 Å². The molecule has 1 atom stereocenters. The molecule has 4 nitrogen and oxygen atoms in total. The highest BCUT2D eigenvalue weighted by molar-refractivity contribution is 6.30. The van der Waals surface area contributed by atoms with E-state index in [1.807, 2.05) is 31.2 Å². The molecule has 5 heteroatoms. The van der Waals surface area contributed by atoms with E-state index < -0.39 is 0 Å². The van der Waals surface area contributed by atoms with E-state index >= 15 is 0 Å². The van der Waals surface area contributed by atoms with Crippen LogP contribution in [0.5, 0.6) is 0 Å². The lowest BCUT2D eigenvalue weighted by Gasteiger charge is -2.40. The van der Waals surface area contributed by atoms with Crippen LogP contribution in [0.25, 0.3) is 11.3 Å². The molecule has 23 heavy (non-hydrogen) atoms. The molecular weight excluding hydrogens is 312 g/mol. The van der Waals surface area contributed by atoms with Crippen LogP contribution in [0.4, 0.5) is 0 Å². The highest BCUT2D eigenvalue weighted by Crippen LogP contribution is 2.31. The Hall–Kier alpha value is -1.36. The first-order chi connectivity index (χ1) is 10.9. The van der Waals surface area contributed by atoms with Crippen LogP contribution in [0.1, 0.15) is 38.4 Å². The summed E-state index contributed by atoms with van der Waals surface area (Å²) in [6.45, 7) is 10.8. The number of benzene rings is 1. The van der Waals surface area contributed by atoms with E-state index in [0.717, 1.165) is 47.6 Å². The van der Waals surface area contributed by atoms with E-state index in [1.54, 1.807) is 0 Å².